The maximum atomic E-state index is 6.05. The first-order chi connectivity index (χ1) is 7.24. The van der Waals surface area contributed by atoms with Crippen LogP contribution in [0.4, 0.5) is 0 Å². The van der Waals surface area contributed by atoms with Gasteiger partial charge in [0, 0.05) is 17.5 Å². The highest BCUT2D eigenvalue weighted by molar-refractivity contribution is 6.31. The van der Waals surface area contributed by atoms with Gasteiger partial charge in [0.15, 0.2) is 0 Å². The van der Waals surface area contributed by atoms with Crippen LogP contribution in [-0.2, 0) is 6.42 Å². The summed E-state index contributed by atoms with van der Waals surface area (Å²) in [5.41, 5.74) is 7.11. The molecule has 15 heavy (non-hydrogen) atoms. The molecule has 1 unspecified atom stereocenters. The molecule has 1 rings (SSSR count). The summed E-state index contributed by atoms with van der Waals surface area (Å²) in [6, 6.07) is 7.98. The Morgan fingerprint density at radius 1 is 1.40 bits per heavy atom. The van der Waals surface area contributed by atoms with Crippen molar-refractivity contribution in [1.82, 2.24) is 0 Å². The predicted octanol–water partition coefficient (Wildman–Crippen LogP) is 3.01. The molecule has 0 aliphatic carbocycles. The van der Waals surface area contributed by atoms with E-state index in [1.165, 1.54) is 0 Å². The number of hydrogen-bond acceptors (Lipinski definition) is 1. The molecule has 1 nitrogen and oxygen atoms in total. The van der Waals surface area contributed by atoms with Gasteiger partial charge < -0.3 is 5.73 Å². The first-order valence-corrected chi connectivity index (χ1v) is 5.50. The SMILES string of the molecule is CC#CCCC(N)Cc1ccccc1Cl. The van der Waals surface area contributed by atoms with Gasteiger partial charge in [-0.2, -0.15) is 0 Å². The van der Waals surface area contributed by atoms with Crippen LogP contribution in [-0.4, -0.2) is 6.04 Å². The molecule has 0 radical (unpaired) electrons. The fourth-order valence-electron chi connectivity index (χ4n) is 1.43. The molecule has 1 aromatic rings. The smallest absolute Gasteiger partial charge is 0.0438 e. The lowest BCUT2D eigenvalue weighted by Crippen LogP contribution is -2.22. The van der Waals surface area contributed by atoms with Gasteiger partial charge in [-0.05, 0) is 31.4 Å². The molecular weight excluding hydrogens is 206 g/mol. The van der Waals surface area contributed by atoms with E-state index in [0.29, 0.717) is 0 Å². The highest BCUT2D eigenvalue weighted by atomic mass is 35.5. The number of rotatable bonds is 4. The van der Waals surface area contributed by atoms with Gasteiger partial charge in [-0.1, -0.05) is 29.8 Å². The Kier molecular flexibility index (Phi) is 5.25. The lowest BCUT2D eigenvalue weighted by Gasteiger charge is -2.10. The summed E-state index contributed by atoms with van der Waals surface area (Å²) in [5, 5.41) is 0.800. The van der Waals surface area contributed by atoms with Crippen molar-refractivity contribution in [3.05, 3.63) is 34.9 Å². The maximum Gasteiger partial charge on any atom is 0.0438 e. The third kappa shape index (κ3) is 4.38. The van der Waals surface area contributed by atoms with Crippen molar-refractivity contribution in [2.45, 2.75) is 32.2 Å². The van der Waals surface area contributed by atoms with Crippen LogP contribution in [0, 0.1) is 11.8 Å². The Bertz CT molecular complexity index is 362. The molecule has 0 saturated carbocycles. The van der Waals surface area contributed by atoms with Gasteiger partial charge in [0.1, 0.15) is 0 Å². The molecule has 0 saturated heterocycles. The quantitative estimate of drug-likeness (QED) is 0.778. The van der Waals surface area contributed by atoms with Crippen LogP contribution in [0.1, 0.15) is 25.3 Å². The van der Waals surface area contributed by atoms with Gasteiger partial charge in [0.2, 0.25) is 0 Å². The third-order valence-electron chi connectivity index (χ3n) is 2.26. The van der Waals surface area contributed by atoms with E-state index in [-0.39, 0.29) is 6.04 Å². The van der Waals surface area contributed by atoms with Crippen molar-refractivity contribution in [3.8, 4) is 11.8 Å². The highest BCUT2D eigenvalue weighted by Crippen LogP contribution is 2.17. The molecule has 0 heterocycles. The van der Waals surface area contributed by atoms with E-state index in [4.69, 9.17) is 17.3 Å². The number of halogens is 1. The van der Waals surface area contributed by atoms with Crippen LogP contribution < -0.4 is 5.73 Å². The van der Waals surface area contributed by atoms with E-state index in [1.807, 2.05) is 31.2 Å². The van der Waals surface area contributed by atoms with Crippen molar-refractivity contribution in [2.24, 2.45) is 5.73 Å². The average Bonchev–Trinajstić information content (AvgIpc) is 2.22. The van der Waals surface area contributed by atoms with Crippen LogP contribution >= 0.6 is 11.6 Å². The fourth-order valence-corrected chi connectivity index (χ4v) is 1.64. The molecule has 80 valence electrons. The lowest BCUT2D eigenvalue weighted by atomic mass is 10.0. The highest BCUT2D eigenvalue weighted by Gasteiger charge is 2.05. The zero-order chi connectivity index (χ0) is 11.1. The molecule has 2 N–H and O–H groups in total. The van der Waals surface area contributed by atoms with E-state index in [2.05, 4.69) is 11.8 Å². The van der Waals surface area contributed by atoms with Crippen molar-refractivity contribution < 1.29 is 0 Å². The summed E-state index contributed by atoms with van der Waals surface area (Å²) < 4.78 is 0. The van der Waals surface area contributed by atoms with E-state index in [1.54, 1.807) is 0 Å². The molecule has 0 amide bonds. The summed E-state index contributed by atoms with van der Waals surface area (Å²) in [4.78, 5) is 0. The first kappa shape index (κ1) is 12.1. The second kappa shape index (κ2) is 6.50. The second-order valence-corrected chi connectivity index (χ2v) is 3.93. The summed E-state index contributed by atoms with van der Waals surface area (Å²) >= 11 is 6.05. The number of hydrogen-bond donors (Lipinski definition) is 1. The largest absolute Gasteiger partial charge is 0.327 e. The van der Waals surface area contributed by atoms with Crippen molar-refractivity contribution in [1.29, 1.82) is 0 Å². The zero-order valence-corrected chi connectivity index (χ0v) is 9.72. The minimum absolute atomic E-state index is 0.144. The van der Waals surface area contributed by atoms with Gasteiger partial charge >= 0.3 is 0 Å². The summed E-state index contributed by atoms with van der Waals surface area (Å²) in [7, 11) is 0. The Morgan fingerprint density at radius 2 is 2.13 bits per heavy atom. The van der Waals surface area contributed by atoms with Gasteiger partial charge in [-0.3, -0.25) is 0 Å². The van der Waals surface area contributed by atoms with E-state index < -0.39 is 0 Å². The third-order valence-corrected chi connectivity index (χ3v) is 2.63. The maximum absolute atomic E-state index is 6.05. The van der Waals surface area contributed by atoms with Gasteiger partial charge in [0.05, 0.1) is 0 Å². The van der Waals surface area contributed by atoms with Crippen LogP contribution in [0.2, 0.25) is 5.02 Å². The van der Waals surface area contributed by atoms with Gasteiger partial charge in [-0.15, -0.1) is 11.8 Å². The molecule has 1 aromatic carbocycles. The zero-order valence-electron chi connectivity index (χ0n) is 8.96. The lowest BCUT2D eigenvalue weighted by molar-refractivity contribution is 0.623. The standard InChI is InChI=1S/C13H16ClN/c1-2-3-4-8-12(15)10-11-7-5-6-9-13(11)14/h5-7,9,12H,4,8,10,15H2,1H3. The van der Waals surface area contributed by atoms with Crippen LogP contribution in [0.25, 0.3) is 0 Å². The minimum atomic E-state index is 0.144. The van der Waals surface area contributed by atoms with Crippen LogP contribution in [0.3, 0.4) is 0 Å². The summed E-state index contributed by atoms with van der Waals surface area (Å²) in [6.45, 7) is 1.85. The molecular formula is C13H16ClN. The van der Waals surface area contributed by atoms with Crippen LogP contribution in [0.15, 0.2) is 24.3 Å². The molecule has 0 bridgehead atoms. The first-order valence-electron chi connectivity index (χ1n) is 5.12. The monoisotopic (exact) mass is 221 g/mol. The summed E-state index contributed by atoms with van der Waals surface area (Å²) in [5.74, 6) is 5.88. The van der Waals surface area contributed by atoms with Gasteiger partial charge in [-0.25, -0.2) is 0 Å². The molecule has 1 atom stereocenters. The van der Waals surface area contributed by atoms with E-state index in [0.717, 1.165) is 29.8 Å². The molecule has 0 aliphatic heterocycles. The number of benzene rings is 1. The number of nitrogens with two attached hydrogens (primary N) is 1. The Morgan fingerprint density at radius 3 is 2.80 bits per heavy atom. The normalized spacial score (nSPS) is 11.7. The van der Waals surface area contributed by atoms with Gasteiger partial charge in [0.25, 0.3) is 0 Å². The Balaban J connectivity index is 2.46. The second-order valence-electron chi connectivity index (χ2n) is 3.52. The van der Waals surface area contributed by atoms with E-state index in [9.17, 15) is 0 Å². The summed E-state index contributed by atoms with van der Waals surface area (Å²) in [6.07, 6.45) is 2.61. The van der Waals surface area contributed by atoms with Crippen LogP contribution in [0.5, 0.6) is 0 Å². The van der Waals surface area contributed by atoms with Crippen molar-refractivity contribution in [2.75, 3.05) is 0 Å². The molecule has 2 heteroatoms. The predicted molar refractivity (Wildman–Crippen MR) is 65.8 cm³/mol. The molecule has 0 aliphatic rings. The Labute approximate surface area is 96.6 Å². The molecule has 0 aromatic heterocycles. The van der Waals surface area contributed by atoms with Crippen molar-refractivity contribution >= 4 is 11.6 Å². The minimum Gasteiger partial charge on any atom is -0.327 e. The molecule has 0 fully saturated rings. The van der Waals surface area contributed by atoms with Crippen molar-refractivity contribution in [3.63, 3.8) is 0 Å². The average molecular weight is 222 g/mol. The van der Waals surface area contributed by atoms with E-state index >= 15 is 0 Å². The fraction of sp³-hybridized carbons (Fsp3) is 0.385. The topological polar surface area (TPSA) is 26.0 Å². The molecule has 0 spiro atoms. The Hall–Kier alpha value is -0.970.